The summed E-state index contributed by atoms with van der Waals surface area (Å²) in [5.74, 6) is -0.971. The summed E-state index contributed by atoms with van der Waals surface area (Å²) < 4.78 is 30.0. The van der Waals surface area contributed by atoms with Crippen molar-refractivity contribution in [2.24, 2.45) is 5.92 Å². The molecule has 3 N–H and O–H groups in total. The third-order valence-corrected chi connectivity index (χ3v) is 4.02. The van der Waals surface area contributed by atoms with E-state index in [9.17, 15) is 18.0 Å². The van der Waals surface area contributed by atoms with Crippen molar-refractivity contribution in [2.45, 2.75) is 19.9 Å². The maximum Gasteiger partial charge on any atom is 0.287 e. The summed E-state index contributed by atoms with van der Waals surface area (Å²) in [6.45, 7) is 3.60. The first-order valence-corrected chi connectivity index (χ1v) is 9.78. The minimum Gasteiger partial charge on any atom is -0.459 e. The first-order valence-electron chi connectivity index (χ1n) is 7.89. The van der Waals surface area contributed by atoms with E-state index < -0.39 is 27.9 Å². The SMILES string of the molecule is CC(C)C(NC(=O)c1ccco1)C(=O)Nc1cccc(NS(C)(=O)=O)c1. The molecule has 1 unspecified atom stereocenters. The molecule has 2 aromatic rings. The zero-order valence-electron chi connectivity index (χ0n) is 14.6. The van der Waals surface area contributed by atoms with Crippen molar-refractivity contribution < 1.29 is 22.4 Å². The highest BCUT2D eigenvalue weighted by molar-refractivity contribution is 7.92. The van der Waals surface area contributed by atoms with Crippen LogP contribution in [-0.4, -0.2) is 32.5 Å². The molecule has 1 aromatic carbocycles. The van der Waals surface area contributed by atoms with Gasteiger partial charge in [-0.05, 0) is 36.2 Å². The fraction of sp³-hybridized carbons (Fsp3) is 0.294. The van der Waals surface area contributed by atoms with Gasteiger partial charge in [0.2, 0.25) is 15.9 Å². The van der Waals surface area contributed by atoms with E-state index in [4.69, 9.17) is 4.42 Å². The summed E-state index contributed by atoms with van der Waals surface area (Å²) in [7, 11) is -3.42. The van der Waals surface area contributed by atoms with Gasteiger partial charge in [0.1, 0.15) is 6.04 Å². The third-order valence-electron chi connectivity index (χ3n) is 3.41. The highest BCUT2D eigenvalue weighted by atomic mass is 32.2. The summed E-state index contributed by atoms with van der Waals surface area (Å²) in [6, 6.07) is 8.58. The minimum absolute atomic E-state index is 0.114. The Morgan fingerprint density at radius 3 is 2.35 bits per heavy atom. The van der Waals surface area contributed by atoms with Crippen LogP contribution in [0, 0.1) is 5.92 Å². The lowest BCUT2D eigenvalue weighted by molar-refractivity contribution is -0.118. The normalized spacial score (nSPS) is 12.5. The van der Waals surface area contributed by atoms with Crippen LogP contribution in [0.4, 0.5) is 11.4 Å². The average molecular weight is 379 g/mol. The Labute approximate surface area is 152 Å². The van der Waals surface area contributed by atoms with Gasteiger partial charge in [-0.2, -0.15) is 0 Å². The molecule has 1 aromatic heterocycles. The molecule has 0 saturated carbocycles. The Kier molecular flexibility index (Phi) is 6.04. The Morgan fingerprint density at radius 1 is 1.08 bits per heavy atom. The summed E-state index contributed by atoms with van der Waals surface area (Å²) in [4.78, 5) is 24.7. The molecule has 0 saturated heterocycles. The number of carbonyl (C=O) groups is 2. The van der Waals surface area contributed by atoms with Crippen molar-refractivity contribution in [3.05, 3.63) is 48.4 Å². The van der Waals surface area contributed by atoms with E-state index in [1.807, 2.05) is 0 Å². The number of benzene rings is 1. The molecule has 0 aliphatic rings. The van der Waals surface area contributed by atoms with E-state index in [2.05, 4.69) is 15.4 Å². The summed E-state index contributed by atoms with van der Waals surface area (Å²) in [5, 5.41) is 5.32. The largest absolute Gasteiger partial charge is 0.459 e. The van der Waals surface area contributed by atoms with E-state index in [-0.39, 0.29) is 11.7 Å². The number of anilines is 2. The molecular formula is C17H21N3O5S. The second-order valence-corrected chi connectivity index (χ2v) is 7.87. The van der Waals surface area contributed by atoms with Crippen molar-refractivity contribution in [1.82, 2.24) is 5.32 Å². The van der Waals surface area contributed by atoms with Gasteiger partial charge >= 0.3 is 0 Å². The molecule has 0 radical (unpaired) electrons. The molecule has 0 spiro atoms. The zero-order chi connectivity index (χ0) is 19.3. The van der Waals surface area contributed by atoms with E-state index in [0.29, 0.717) is 11.4 Å². The van der Waals surface area contributed by atoms with Crippen LogP contribution in [0.5, 0.6) is 0 Å². The number of furan rings is 1. The molecular weight excluding hydrogens is 358 g/mol. The van der Waals surface area contributed by atoms with Gasteiger partial charge < -0.3 is 15.1 Å². The predicted octanol–water partition coefficient (Wildman–Crippen LogP) is 2.04. The van der Waals surface area contributed by atoms with Gasteiger partial charge in [0.05, 0.1) is 18.2 Å². The summed E-state index contributed by atoms with van der Waals surface area (Å²) >= 11 is 0. The van der Waals surface area contributed by atoms with E-state index >= 15 is 0 Å². The molecule has 2 rings (SSSR count). The Hall–Kier alpha value is -2.81. The Morgan fingerprint density at radius 2 is 1.77 bits per heavy atom. The zero-order valence-corrected chi connectivity index (χ0v) is 15.5. The monoisotopic (exact) mass is 379 g/mol. The van der Waals surface area contributed by atoms with Crippen LogP contribution in [0.1, 0.15) is 24.4 Å². The van der Waals surface area contributed by atoms with Gasteiger partial charge in [-0.25, -0.2) is 8.42 Å². The molecule has 0 fully saturated rings. The van der Waals surface area contributed by atoms with Crippen molar-refractivity contribution in [3.8, 4) is 0 Å². The number of rotatable bonds is 7. The molecule has 1 atom stereocenters. The second-order valence-electron chi connectivity index (χ2n) is 6.12. The summed E-state index contributed by atoms with van der Waals surface area (Å²) in [5.41, 5.74) is 0.729. The van der Waals surface area contributed by atoms with Crippen LogP contribution in [0.2, 0.25) is 0 Å². The molecule has 1 heterocycles. The lowest BCUT2D eigenvalue weighted by atomic mass is 10.0. The fourth-order valence-corrected chi connectivity index (χ4v) is 2.80. The third kappa shape index (κ3) is 5.62. The molecule has 0 aliphatic heterocycles. The number of sulfonamides is 1. The van der Waals surface area contributed by atoms with E-state index in [1.165, 1.54) is 18.4 Å². The van der Waals surface area contributed by atoms with Crippen molar-refractivity contribution >= 4 is 33.2 Å². The first-order chi connectivity index (χ1) is 12.2. The standard InChI is InChI=1S/C17H21N3O5S/c1-11(2)15(19-16(21)14-8-5-9-25-14)17(22)18-12-6-4-7-13(10-12)20-26(3,23)24/h4-11,15,20H,1-3H3,(H,18,22)(H,19,21). The van der Waals surface area contributed by atoms with Gasteiger partial charge in [0.15, 0.2) is 5.76 Å². The van der Waals surface area contributed by atoms with Gasteiger partial charge in [-0.15, -0.1) is 0 Å². The minimum atomic E-state index is -3.42. The number of nitrogens with one attached hydrogen (secondary N) is 3. The lowest BCUT2D eigenvalue weighted by Crippen LogP contribution is -2.47. The van der Waals surface area contributed by atoms with E-state index in [1.54, 1.807) is 38.1 Å². The molecule has 0 bridgehead atoms. The quantitative estimate of drug-likeness (QED) is 0.680. The van der Waals surface area contributed by atoms with Crippen LogP contribution >= 0.6 is 0 Å². The molecule has 9 heteroatoms. The number of hydrogen-bond acceptors (Lipinski definition) is 5. The molecule has 0 aliphatic carbocycles. The Bertz CT molecular complexity index is 876. The highest BCUT2D eigenvalue weighted by Crippen LogP contribution is 2.17. The molecule has 140 valence electrons. The first kappa shape index (κ1) is 19.5. The average Bonchev–Trinajstić information content (AvgIpc) is 3.05. The fourth-order valence-electron chi connectivity index (χ4n) is 2.25. The molecule has 2 amide bonds. The Balaban J connectivity index is 2.10. The van der Waals surface area contributed by atoms with Crippen molar-refractivity contribution in [3.63, 3.8) is 0 Å². The second kappa shape index (κ2) is 8.05. The van der Waals surface area contributed by atoms with Crippen LogP contribution in [0.15, 0.2) is 47.1 Å². The number of amides is 2. The maximum absolute atomic E-state index is 12.6. The number of hydrogen-bond donors (Lipinski definition) is 3. The van der Waals surface area contributed by atoms with E-state index in [0.717, 1.165) is 6.26 Å². The number of carbonyl (C=O) groups excluding carboxylic acids is 2. The smallest absolute Gasteiger partial charge is 0.287 e. The van der Waals surface area contributed by atoms with Gasteiger partial charge in [0, 0.05) is 5.69 Å². The summed E-state index contributed by atoms with van der Waals surface area (Å²) in [6.07, 6.45) is 2.41. The molecule has 26 heavy (non-hydrogen) atoms. The highest BCUT2D eigenvalue weighted by Gasteiger charge is 2.25. The maximum atomic E-state index is 12.6. The van der Waals surface area contributed by atoms with Crippen LogP contribution in [0.3, 0.4) is 0 Å². The van der Waals surface area contributed by atoms with Gasteiger partial charge in [-0.1, -0.05) is 19.9 Å². The van der Waals surface area contributed by atoms with Crippen LogP contribution in [0.25, 0.3) is 0 Å². The van der Waals surface area contributed by atoms with Crippen LogP contribution in [-0.2, 0) is 14.8 Å². The van der Waals surface area contributed by atoms with Gasteiger partial charge in [-0.3, -0.25) is 14.3 Å². The van der Waals surface area contributed by atoms with Gasteiger partial charge in [0.25, 0.3) is 5.91 Å². The van der Waals surface area contributed by atoms with Crippen LogP contribution < -0.4 is 15.4 Å². The predicted molar refractivity (Wildman–Crippen MR) is 98.3 cm³/mol. The molecule has 8 nitrogen and oxygen atoms in total. The van der Waals surface area contributed by atoms with Crippen molar-refractivity contribution in [2.75, 3.05) is 16.3 Å². The topological polar surface area (TPSA) is 118 Å². The van der Waals surface area contributed by atoms with Crippen molar-refractivity contribution in [1.29, 1.82) is 0 Å². The lowest BCUT2D eigenvalue weighted by Gasteiger charge is -2.21.